The third-order valence-corrected chi connectivity index (χ3v) is 7.43. The van der Waals surface area contributed by atoms with Crippen molar-refractivity contribution in [3.63, 3.8) is 0 Å². The number of likely N-dealkylation sites (tertiary alicyclic amines) is 1. The van der Waals surface area contributed by atoms with E-state index in [0.717, 1.165) is 56.7 Å². The van der Waals surface area contributed by atoms with Crippen LogP contribution in [0.4, 0.5) is 0 Å². The second kappa shape index (κ2) is 9.40. The van der Waals surface area contributed by atoms with E-state index in [4.69, 9.17) is 0 Å². The first-order chi connectivity index (χ1) is 15.1. The molecule has 1 N–H and O–H groups in total. The minimum absolute atomic E-state index is 0. The van der Waals surface area contributed by atoms with E-state index in [1.807, 2.05) is 0 Å². The number of rotatable bonds is 7. The molecule has 0 unspecified atom stereocenters. The second-order valence-electron chi connectivity index (χ2n) is 9.49. The van der Waals surface area contributed by atoms with Crippen LogP contribution in [0, 0.1) is 0 Å². The SMILES string of the molecule is CCc1cccc([C@@H](CN2CCCC2)NC(=O)C2(c3ccc4c(c3)C(C)=NC4)CC2)c1.S. The summed E-state index contributed by atoms with van der Waals surface area (Å²) in [6.45, 7) is 8.19. The molecule has 4 nitrogen and oxygen atoms in total. The van der Waals surface area contributed by atoms with Crippen molar-refractivity contribution in [1.82, 2.24) is 10.2 Å². The Hall–Kier alpha value is -2.11. The van der Waals surface area contributed by atoms with Gasteiger partial charge in [0.2, 0.25) is 5.91 Å². The Morgan fingerprint density at radius 3 is 2.66 bits per heavy atom. The predicted octanol–water partition coefficient (Wildman–Crippen LogP) is 4.67. The molecule has 0 bridgehead atoms. The van der Waals surface area contributed by atoms with Crippen molar-refractivity contribution in [2.45, 2.75) is 64.0 Å². The Kier molecular flexibility index (Phi) is 6.78. The zero-order chi connectivity index (χ0) is 21.4. The number of aryl methyl sites for hydroxylation is 1. The molecule has 1 aliphatic carbocycles. The number of carbonyl (C=O) groups is 1. The highest BCUT2D eigenvalue weighted by molar-refractivity contribution is 7.59. The number of benzene rings is 2. The Morgan fingerprint density at radius 2 is 1.94 bits per heavy atom. The van der Waals surface area contributed by atoms with Crippen LogP contribution in [0.25, 0.3) is 0 Å². The zero-order valence-electron chi connectivity index (χ0n) is 19.3. The fourth-order valence-corrected chi connectivity index (χ4v) is 5.19. The molecule has 2 fully saturated rings. The third kappa shape index (κ3) is 4.38. The van der Waals surface area contributed by atoms with E-state index in [0.29, 0.717) is 0 Å². The van der Waals surface area contributed by atoms with Crippen molar-refractivity contribution in [3.05, 3.63) is 70.3 Å². The van der Waals surface area contributed by atoms with Crippen LogP contribution in [-0.4, -0.2) is 36.2 Å². The molecule has 1 saturated heterocycles. The van der Waals surface area contributed by atoms with Gasteiger partial charge in [0.1, 0.15) is 0 Å². The molecule has 1 amide bonds. The van der Waals surface area contributed by atoms with Crippen LogP contribution in [0.15, 0.2) is 47.5 Å². The van der Waals surface area contributed by atoms with Gasteiger partial charge in [-0.15, -0.1) is 0 Å². The average Bonchev–Trinajstić information content (AvgIpc) is 3.30. The lowest BCUT2D eigenvalue weighted by atomic mass is 9.90. The van der Waals surface area contributed by atoms with Crippen molar-refractivity contribution < 1.29 is 4.79 Å². The molecule has 0 radical (unpaired) electrons. The summed E-state index contributed by atoms with van der Waals surface area (Å²) in [5, 5.41) is 3.48. The van der Waals surface area contributed by atoms with Gasteiger partial charge < -0.3 is 10.2 Å². The van der Waals surface area contributed by atoms with E-state index in [1.165, 1.54) is 35.1 Å². The van der Waals surface area contributed by atoms with Crippen LogP contribution in [-0.2, 0) is 23.2 Å². The quantitative estimate of drug-likeness (QED) is 0.668. The van der Waals surface area contributed by atoms with Crippen molar-refractivity contribution >= 4 is 25.1 Å². The van der Waals surface area contributed by atoms with Gasteiger partial charge >= 0.3 is 0 Å². The molecule has 0 spiro atoms. The van der Waals surface area contributed by atoms with Crippen molar-refractivity contribution in [2.75, 3.05) is 19.6 Å². The first kappa shape index (κ1) is 23.1. The molecule has 5 heteroatoms. The van der Waals surface area contributed by atoms with Gasteiger partial charge in [0.15, 0.2) is 0 Å². The molecule has 5 rings (SSSR count). The maximum atomic E-state index is 13.7. The maximum Gasteiger partial charge on any atom is 0.231 e. The van der Waals surface area contributed by atoms with E-state index in [9.17, 15) is 4.79 Å². The molecule has 170 valence electrons. The molecule has 2 aliphatic heterocycles. The smallest absolute Gasteiger partial charge is 0.231 e. The summed E-state index contributed by atoms with van der Waals surface area (Å²) >= 11 is 0. The highest BCUT2D eigenvalue weighted by atomic mass is 32.1. The predicted molar refractivity (Wildman–Crippen MR) is 136 cm³/mol. The summed E-state index contributed by atoms with van der Waals surface area (Å²) in [5.74, 6) is 0.186. The molecule has 32 heavy (non-hydrogen) atoms. The number of aliphatic imine (C=N–C) groups is 1. The first-order valence-corrected chi connectivity index (χ1v) is 11.9. The molecule has 1 saturated carbocycles. The van der Waals surface area contributed by atoms with Gasteiger partial charge in [0.25, 0.3) is 0 Å². The van der Waals surface area contributed by atoms with Crippen molar-refractivity contribution in [2.24, 2.45) is 4.99 Å². The monoisotopic (exact) mass is 449 g/mol. The first-order valence-electron chi connectivity index (χ1n) is 11.9. The molecule has 1 atom stereocenters. The minimum atomic E-state index is -0.372. The number of nitrogens with one attached hydrogen (secondary N) is 1. The highest BCUT2D eigenvalue weighted by Crippen LogP contribution is 2.49. The van der Waals surface area contributed by atoms with Crippen LogP contribution in [0.5, 0.6) is 0 Å². The van der Waals surface area contributed by atoms with Crippen molar-refractivity contribution in [1.29, 1.82) is 0 Å². The number of amides is 1. The average molecular weight is 450 g/mol. The number of nitrogens with zero attached hydrogens (tertiary/aromatic N) is 2. The molecular weight excluding hydrogens is 414 g/mol. The van der Waals surface area contributed by atoms with Gasteiger partial charge in [-0.2, -0.15) is 13.5 Å². The molecule has 2 heterocycles. The summed E-state index contributed by atoms with van der Waals surface area (Å²) < 4.78 is 0. The Bertz CT molecular complexity index is 1020. The summed E-state index contributed by atoms with van der Waals surface area (Å²) in [7, 11) is 0. The molecule has 2 aromatic carbocycles. The Balaban J connectivity index is 0.00000245. The van der Waals surface area contributed by atoms with E-state index in [1.54, 1.807) is 0 Å². The Labute approximate surface area is 199 Å². The van der Waals surface area contributed by atoms with Gasteiger partial charge in [-0.25, -0.2) is 0 Å². The zero-order valence-corrected chi connectivity index (χ0v) is 20.3. The second-order valence-corrected chi connectivity index (χ2v) is 9.49. The largest absolute Gasteiger partial charge is 0.347 e. The van der Waals surface area contributed by atoms with E-state index < -0.39 is 0 Å². The molecule has 2 aromatic rings. The van der Waals surface area contributed by atoms with Gasteiger partial charge in [-0.3, -0.25) is 9.79 Å². The molecule has 3 aliphatic rings. The number of hydrogen-bond acceptors (Lipinski definition) is 3. The van der Waals surface area contributed by atoms with Crippen molar-refractivity contribution in [3.8, 4) is 0 Å². The van der Waals surface area contributed by atoms with Gasteiger partial charge in [-0.05, 0) is 80.4 Å². The number of carbonyl (C=O) groups excluding carboxylic acids is 1. The summed E-state index contributed by atoms with van der Waals surface area (Å²) in [4.78, 5) is 20.7. The lowest BCUT2D eigenvalue weighted by Crippen LogP contribution is -2.42. The van der Waals surface area contributed by atoms with Gasteiger partial charge in [-0.1, -0.05) is 43.3 Å². The van der Waals surface area contributed by atoms with Crippen LogP contribution < -0.4 is 5.32 Å². The topological polar surface area (TPSA) is 44.7 Å². The summed E-state index contributed by atoms with van der Waals surface area (Å²) in [5.41, 5.74) is 6.93. The number of hydrogen-bond donors (Lipinski definition) is 1. The standard InChI is InChI=1S/C27H33N3O.H2S/c1-3-20-7-6-8-21(15-20)25(18-30-13-4-5-14-30)29-26(31)27(11-12-27)23-10-9-22-17-28-19(2)24(22)16-23;/h6-10,15-16,25H,3-5,11-14,17-18H2,1-2H3,(H,29,31);1H2/t25-;/m1./s1. The molecular formula is C27H35N3OS. The van der Waals surface area contributed by atoms with Gasteiger partial charge in [0, 0.05) is 17.8 Å². The van der Waals surface area contributed by atoms with Crippen LogP contribution in [0.3, 0.4) is 0 Å². The van der Waals surface area contributed by atoms with Gasteiger partial charge in [0.05, 0.1) is 18.0 Å². The number of fused-ring (bicyclic) bond motifs is 1. The third-order valence-electron chi connectivity index (χ3n) is 7.43. The lowest BCUT2D eigenvalue weighted by Gasteiger charge is -2.27. The maximum absolute atomic E-state index is 13.7. The van der Waals surface area contributed by atoms with Crippen LogP contribution in [0.1, 0.15) is 73.4 Å². The normalized spacial score (nSPS) is 19.6. The fraction of sp³-hybridized carbons (Fsp3) is 0.481. The van der Waals surface area contributed by atoms with Crippen LogP contribution >= 0.6 is 13.5 Å². The summed E-state index contributed by atoms with van der Waals surface area (Å²) in [6, 6.07) is 15.3. The minimum Gasteiger partial charge on any atom is -0.347 e. The molecule has 0 aromatic heterocycles. The Morgan fingerprint density at radius 1 is 1.16 bits per heavy atom. The van der Waals surface area contributed by atoms with E-state index in [-0.39, 0.29) is 30.9 Å². The fourth-order valence-electron chi connectivity index (χ4n) is 5.19. The van der Waals surface area contributed by atoms with Crippen LogP contribution in [0.2, 0.25) is 0 Å². The van der Waals surface area contributed by atoms with E-state index >= 15 is 0 Å². The van der Waals surface area contributed by atoms with E-state index in [2.05, 4.69) is 71.5 Å². The summed E-state index contributed by atoms with van der Waals surface area (Å²) in [6.07, 6.45) is 5.39. The highest BCUT2D eigenvalue weighted by Gasteiger charge is 2.52. The lowest BCUT2D eigenvalue weighted by molar-refractivity contribution is -0.124.